The van der Waals surface area contributed by atoms with Gasteiger partial charge in [0.25, 0.3) is 0 Å². The van der Waals surface area contributed by atoms with Crippen LogP contribution in [0.25, 0.3) is 11.0 Å². The van der Waals surface area contributed by atoms with Gasteiger partial charge in [0.15, 0.2) is 0 Å². The molecule has 1 saturated heterocycles. The van der Waals surface area contributed by atoms with Gasteiger partial charge in [-0.25, -0.2) is 4.98 Å². The maximum atomic E-state index is 4.84. The number of hydrogen-bond acceptors (Lipinski definition) is 4. The smallest absolute Gasteiger partial charge is 0.146 e. The van der Waals surface area contributed by atoms with Crippen LogP contribution in [0.5, 0.6) is 0 Å². The molecule has 2 aromatic heterocycles. The van der Waals surface area contributed by atoms with Crippen LogP contribution in [0.1, 0.15) is 48.7 Å². The fraction of sp³-hybridized carbons (Fsp3) is 0.526. The molecule has 1 N–H and O–H groups in total. The molecule has 0 radical (unpaired) electrons. The van der Waals surface area contributed by atoms with E-state index in [-0.39, 0.29) is 0 Å². The van der Waals surface area contributed by atoms with E-state index in [9.17, 15) is 0 Å². The van der Waals surface area contributed by atoms with E-state index in [1.165, 1.54) is 18.4 Å². The lowest BCUT2D eigenvalue weighted by atomic mass is 9.97. The van der Waals surface area contributed by atoms with Gasteiger partial charge < -0.3 is 9.55 Å². The SMILES string of the molecule is CCc1nnc(CN2CCCC(c3nc4ccc(C)cc4[nH]3)C2)n1C. The van der Waals surface area contributed by atoms with Gasteiger partial charge in [0.1, 0.15) is 17.5 Å². The van der Waals surface area contributed by atoms with Crippen molar-refractivity contribution < 1.29 is 0 Å². The summed E-state index contributed by atoms with van der Waals surface area (Å²) in [6.45, 7) is 7.23. The minimum atomic E-state index is 0.459. The Kier molecular flexibility index (Phi) is 4.29. The molecule has 132 valence electrons. The number of piperidine rings is 1. The number of hydrogen-bond donors (Lipinski definition) is 1. The topological polar surface area (TPSA) is 62.6 Å². The maximum absolute atomic E-state index is 4.84. The van der Waals surface area contributed by atoms with Crippen molar-refractivity contribution in [3.05, 3.63) is 41.2 Å². The van der Waals surface area contributed by atoms with Crippen LogP contribution in [0.2, 0.25) is 0 Å². The van der Waals surface area contributed by atoms with Gasteiger partial charge in [-0.2, -0.15) is 0 Å². The van der Waals surface area contributed by atoms with Crippen LogP contribution in [-0.2, 0) is 20.0 Å². The predicted molar refractivity (Wildman–Crippen MR) is 98.5 cm³/mol. The molecule has 0 bridgehead atoms. The number of nitrogens with one attached hydrogen (secondary N) is 1. The summed E-state index contributed by atoms with van der Waals surface area (Å²) < 4.78 is 2.13. The summed E-state index contributed by atoms with van der Waals surface area (Å²) in [7, 11) is 2.07. The minimum Gasteiger partial charge on any atom is -0.342 e. The summed E-state index contributed by atoms with van der Waals surface area (Å²) in [5, 5.41) is 8.65. The molecule has 6 nitrogen and oxygen atoms in total. The van der Waals surface area contributed by atoms with E-state index in [1.54, 1.807) is 0 Å². The van der Waals surface area contributed by atoms with Crippen LogP contribution in [0, 0.1) is 6.92 Å². The van der Waals surface area contributed by atoms with E-state index in [0.717, 1.165) is 54.6 Å². The molecule has 0 saturated carbocycles. The number of nitrogens with zero attached hydrogens (tertiary/aromatic N) is 5. The molecule has 0 aliphatic carbocycles. The largest absolute Gasteiger partial charge is 0.342 e. The lowest BCUT2D eigenvalue weighted by molar-refractivity contribution is 0.191. The van der Waals surface area contributed by atoms with Crippen molar-refractivity contribution in [2.45, 2.75) is 45.6 Å². The number of benzene rings is 1. The molecule has 3 heterocycles. The molecule has 1 atom stereocenters. The average Bonchev–Trinajstić information content (AvgIpc) is 3.19. The quantitative estimate of drug-likeness (QED) is 0.794. The maximum Gasteiger partial charge on any atom is 0.146 e. The zero-order chi connectivity index (χ0) is 17.4. The van der Waals surface area contributed by atoms with Crippen molar-refractivity contribution in [3.8, 4) is 0 Å². The third-order valence-corrected chi connectivity index (χ3v) is 5.28. The zero-order valence-corrected chi connectivity index (χ0v) is 15.3. The van der Waals surface area contributed by atoms with Crippen molar-refractivity contribution in [3.63, 3.8) is 0 Å². The summed E-state index contributed by atoms with van der Waals surface area (Å²) in [5.41, 5.74) is 3.48. The molecule has 1 unspecified atom stereocenters. The summed E-state index contributed by atoms with van der Waals surface area (Å²) in [4.78, 5) is 10.9. The van der Waals surface area contributed by atoms with E-state index in [2.05, 4.69) is 63.7 Å². The molecule has 0 amide bonds. The molecule has 6 heteroatoms. The van der Waals surface area contributed by atoms with Gasteiger partial charge >= 0.3 is 0 Å². The predicted octanol–water partition coefficient (Wildman–Crippen LogP) is 2.94. The van der Waals surface area contributed by atoms with Crippen molar-refractivity contribution in [1.29, 1.82) is 0 Å². The second-order valence-electron chi connectivity index (χ2n) is 7.16. The first-order chi connectivity index (χ1) is 12.1. The van der Waals surface area contributed by atoms with Crippen LogP contribution in [0.15, 0.2) is 18.2 Å². The highest BCUT2D eigenvalue weighted by Gasteiger charge is 2.25. The molecule has 1 fully saturated rings. The third-order valence-electron chi connectivity index (χ3n) is 5.28. The fourth-order valence-electron chi connectivity index (χ4n) is 3.80. The second-order valence-corrected chi connectivity index (χ2v) is 7.16. The van der Waals surface area contributed by atoms with Crippen molar-refractivity contribution in [2.75, 3.05) is 13.1 Å². The second kappa shape index (κ2) is 6.59. The molecule has 4 rings (SSSR count). The minimum absolute atomic E-state index is 0.459. The lowest BCUT2D eigenvalue weighted by Crippen LogP contribution is -2.35. The summed E-state index contributed by atoms with van der Waals surface area (Å²) in [6, 6.07) is 6.41. The monoisotopic (exact) mass is 338 g/mol. The molecule has 25 heavy (non-hydrogen) atoms. The molecule has 0 spiro atoms. The van der Waals surface area contributed by atoms with Gasteiger partial charge in [-0.1, -0.05) is 13.0 Å². The molecule has 1 aliphatic rings. The standard InChI is InChI=1S/C19H26N6/c1-4-17-22-23-18(24(17)3)12-25-9-5-6-14(11-25)19-20-15-8-7-13(2)10-16(15)21-19/h7-8,10,14H,4-6,9,11-12H2,1-3H3,(H,20,21). The summed E-state index contributed by atoms with van der Waals surface area (Å²) in [5.74, 6) is 3.69. The van der Waals surface area contributed by atoms with E-state index in [0.29, 0.717) is 5.92 Å². The Hall–Kier alpha value is -2.21. The third kappa shape index (κ3) is 3.18. The number of likely N-dealkylation sites (tertiary alicyclic amines) is 1. The first-order valence-corrected chi connectivity index (χ1v) is 9.19. The zero-order valence-electron chi connectivity index (χ0n) is 15.3. The van der Waals surface area contributed by atoms with Gasteiger partial charge in [0.2, 0.25) is 0 Å². The van der Waals surface area contributed by atoms with E-state index >= 15 is 0 Å². The normalized spacial score (nSPS) is 18.9. The molecule has 1 aliphatic heterocycles. The number of aryl methyl sites for hydroxylation is 2. The molecular formula is C19H26N6. The molecular weight excluding hydrogens is 312 g/mol. The van der Waals surface area contributed by atoms with Crippen LogP contribution in [-0.4, -0.2) is 42.7 Å². The highest BCUT2D eigenvalue weighted by Crippen LogP contribution is 2.27. The fourth-order valence-corrected chi connectivity index (χ4v) is 3.80. The molecule has 3 aromatic rings. The van der Waals surface area contributed by atoms with Crippen molar-refractivity contribution in [1.82, 2.24) is 29.6 Å². The van der Waals surface area contributed by atoms with Crippen molar-refractivity contribution in [2.24, 2.45) is 7.05 Å². The number of rotatable bonds is 4. The number of aromatic nitrogens is 5. The Balaban J connectivity index is 1.50. The van der Waals surface area contributed by atoms with Gasteiger partial charge in [0.05, 0.1) is 17.6 Å². The van der Waals surface area contributed by atoms with Gasteiger partial charge in [-0.05, 0) is 44.0 Å². The Morgan fingerprint density at radius 3 is 2.88 bits per heavy atom. The first kappa shape index (κ1) is 16.3. The Bertz CT molecular complexity index is 877. The highest BCUT2D eigenvalue weighted by molar-refractivity contribution is 5.75. The van der Waals surface area contributed by atoms with E-state index in [4.69, 9.17) is 4.98 Å². The van der Waals surface area contributed by atoms with Gasteiger partial charge in [-0.15, -0.1) is 10.2 Å². The number of H-pyrrole nitrogens is 1. The van der Waals surface area contributed by atoms with Crippen LogP contribution < -0.4 is 0 Å². The van der Waals surface area contributed by atoms with Crippen molar-refractivity contribution >= 4 is 11.0 Å². The number of fused-ring (bicyclic) bond motifs is 1. The first-order valence-electron chi connectivity index (χ1n) is 9.19. The highest BCUT2D eigenvalue weighted by atomic mass is 15.3. The van der Waals surface area contributed by atoms with Crippen LogP contribution in [0.4, 0.5) is 0 Å². The van der Waals surface area contributed by atoms with E-state index in [1.807, 2.05) is 0 Å². The Morgan fingerprint density at radius 1 is 1.24 bits per heavy atom. The average molecular weight is 338 g/mol. The van der Waals surface area contributed by atoms with E-state index < -0.39 is 0 Å². The summed E-state index contributed by atoms with van der Waals surface area (Å²) in [6.07, 6.45) is 3.30. The van der Waals surface area contributed by atoms with Gasteiger partial charge in [0, 0.05) is 25.9 Å². The lowest BCUT2D eigenvalue weighted by Gasteiger charge is -2.31. The van der Waals surface area contributed by atoms with Gasteiger partial charge in [-0.3, -0.25) is 4.90 Å². The Morgan fingerprint density at radius 2 is 2.08 bits per heavy atom. The van der Waals surface area contributed by atoms with Crippen LogP contribution in [0.3, 0.4) is 0 Å². The summed E-state index contributed by atoms with van der Waals surface area (Å²) >= 11 is 0. The van der Waals surface area contributed by atoms with Crippen LogP contribution >= 0.6 is 0 Å². The number of imidazole rings is 1. The Labute approximate surface area is 148 Å². The molecule has 1 aromatic carbocycles. The number of aromatic amines is 1.